The van der Waals surface area contributed by atoms with Crippen molar-refractivity contribution >= 4 is 40.1 Å². The molecule has 2 aromatic carbocycles. The lowest BCUT2D eigenvalue weighted by Gasteiger charge is -2.25. The van der Waals surface area contributed by atoms with E-state index >= 15 is 0 Å². The molecule has 0 N–H and O–H groups in total. The highest BCUT2D eigenvalue weighted by Crippen LogP contribution is 2.35. The second-order valence-electron chi connectivity index (χ2n) is 6.07. The molecule has 1 aliphatic rings. The maximum absolute atomic E-state index is 13.0. The molecule has 0 radical (unpaired) electrons. The first-order chi connectivity index (χ1) is 12.1. The minimum absolute atomic E-state index is 0.0180. The number of amides is 1. The summed E-state index contributed by atoms with van der Waals surface area (Å²) in [5.74, 6) is -0.105. The number of likely N-dealkylation sites (tertiary alicyclic amines) is 1. The monoisotopic (exact) mass is 371 g/mol. The predicted molar refractivity (Wildman–Crippen MR) is 99.0 cm³/mol. The van der Waals surface area contributed by atoms with Crippen LogP contribution in [0, 0.1) is 0 Å². The van der Waals surface area contributed by atoms with Gasteiger partial charge in [0.1, 0.15) is 5.69 Å². The predicted octanol–water partition coefficient (Wildman–Crippen LogP) is 4.91. The van der Waals surface area contributed by atoms with Crippen molar-refractivity contribution in [2.45, 2.75) is 18.9 Å². The van der Waals surface area contributed by atoms with Crippen LogP contribution in [0.15, 0.2) is 48.7 Å². The van der Waals surface area contributed by atoms with Crippen LogP contribution >= 0.6 is 23.2 Å². The fourth-order valence-electron chi connectivity index (χ4n) is 3.28. The van der Waals surface area contributed by atoms with Gasteiger partial charge in [0.25, 0.3) is 5.91 Å². The van der Waals surface area contributed by atoms with Crippen molar-refractivity contribution in [3.8, 4) is 0 Å². The average Bonchev–Trinajstić information content (AvgIpc) is 3.12. The van der Waals surface area contributed by atoms with Crippen LogP contribution in [0.5, 0.6) is 0 Å². The van der Waals surface area contributed by atoms with E-state index in [1.165, 1.54) is 0 Å². The number of aromatic nitrogens is 2. The first-order valence-electron chi connectivity index (χ1n) is 8.11. The summed E-state index contributed by atoms with van der Waals surface area (Å²) in [6.07, 6.45) is 3.39. The smallest absolute Gasteiger partial charge is 0.274 e. The van der Waals surface area contributed by atoms with Gasteiger partial charge in [0.15, 0.2) is 0 Å². The highest BCUT2D eigenvalue weighted by atomic mass is 35.5. The fraction of sp³-hybridized carbons (Fsp3) is 0.211. The number of benzene rings is 2. The number of halogens is 2. The Morgan fingerprint density at radius 3 is 2.68 bits per heavy atom. The number of carbonyl (C=O) groups excluding carboxylic acids is 1. The van der Waals surface area contributed by atoms with Crippen molar-refractivity contribution in [2.75, 3.05) is 6.54 Å². The average molecular weight is 372 g/mol. The van der Waals surface area contributed by atoms with Crippen molar-refractivity contribution in [2.24, 2.45) is 0 Å². The second kappa shape index (κ2) is 6.62. The fourth-order valence-corrected chi connectivity index (χ4v) is 3.59. The van der Waals surface area contributed by atoms with Gasteiger partial charge in [0.2, 0.25) is 0 Å². The Labute approximate surface area is 155 Å². The Bertz CT molecular complexity index is 960. The maximum Gasteiger partial charge on any atom is 0.274 e. The molecule has 4 rings (SSSR count). The van der Waals surface area contributed by atoms with Crippen LogP contribution in [0.1, 0.15) is 34.9 Å². The van der Waals surface area contributed by atoms with Gasteiger partial charge >= 0.3 is 0 Å². The Kier molecular flexibility index (Phi) is 4.32. The molecule has 0 saturated carbocycles. The quantitative estimate of drug-likeness (QED) is 0.642. The molecule has 1 aliphatic heterocycles. The Morgan fingerprint density at radius 2 is 1.88 bits per heavy atom. The van der Waals surface area contributed by atoms with Crippen molar-refractivity contribution in [1.82, 2.24) is 14.9 Å². The molecule has 6 heteroatoms. The van der Waals surface area contributed by atoms with Crippen LogP contribution in [0.4, 0.5) is 0 Å². The topological polar surface area (TPSA) is 46.1 Å². The molecule has 0 spiro atoms. The number of nitrogens with zero attached hydrogens (tertiary/aromatic N) is 3. The lowest BCUT2D eigenvalue weighted by molar-refractivity contribution is 0.0729. The van der Waals surface area contributed by atoms with E-state index in [1.807, 2.05) is 41.3 Å². The zero-order valence-corrected chi connectivity index (χ0v) is 14.8. The Hall–Kier alpha value is -2.17. The molecule has 1 amide bonds. The van der Waals surface area contributed by atoms with E-state index in [1.54, 1.807) is 12.3 Å². The van der Waals surface area contributed by atoms with Gasteiger partial charge in [0.05, 0.1) is 33.3 Å². The molecule has 126 valence electrons. The third-order valence-electron chi connectivity index (χ3n) is 4.51. The molecule has 1 aromatic heterocycles. The van der Waals surface area contributed by atoms with Crippen LogP contribution in [0.25, 0.3) is 11.0 Å². The molecule has 1 atom stereocenters. The number of hydrogen-bond donors (Lipinski definition) is 0. The third kappa shape index (κ3) is 3.08. The van der Waals surface area contributed by atoms with Crippen LogP contribution in [0.2, 0.25) is 10.0 Å². The molecule has 3 aromatic rings. The van der Waals surface area contributed by atoms with Gasteiger partial charge in [-0.05, 0) is 42.7 Å². The van der Waals surface area contributed by atoms with E-state index in [2.05, 4.69) is 9.97 Å². The molecular formula is C19H15Cl2N3O. The molecule has 2 heterocycles. The van der Waals surface area contributed by atoms with E-state index in [-0.39, 0.29) is 11.9 Å². The van der Waals surface area contributed by atoms with Gasteiger partial charge in [-0.25, -0.2) is 4.98 Å². The van der Waals surface area contributed by atoms with Gasteiger partial charge in [-0.15, -0.1) is 0 Å². The largest absolute Gasteiger partial charge is 0.330 e. The molecule has 0 bridgehead atoms. The van der Waals surface area contributed by atoms with Gasteiger partial charge < -0.3 is 4.90 Å². The molecule has 1 fully saturated rings. The van der Waals surface area contributed by atoms with Crippen molar-refractivity contribution < 1.29 is 4.79 Å². The number of hydrogen-bond acceptors (Lipinski definition) is 3. The van der Waals surface area contributed by atoms with Crippen LogP contribution in [-0.2, 0) is 0 Å². The minimum atomic E-state index is -0.105. The minimum Gasteiger partial charge on any atom is -0.330 e. The summed E-state index contributed by atoms with van der Waals surface area (Å²) < 4.78 is 0. The van der Waals surface area contributed by atoms with Crippen molar-refractivity contribution in [3.05, 3.63) is 70.0 Å². The number of carbonyl (C=O) groups is 1. The number of para-hydroxylation sites is 2. The van der Waals surface area contributed by atoms with E-state index in [9.17, 15) is 4.79 Å². The summed E-state index contributed by atoms with van der Waals surface area (Å²) in [5.41, 5.74) is 2.86. The molecule has 4 nitrogen and oxygen atoms in total. The first-order valence-corrected chi connectivity index (χ1v) is 8.87. The van der Waals surface area contributed by atoms with Crippen LogP contribution in [0.3, 0.4) is 0 Å². The lowest BCUT2D eigenvalue weighted by atomic mass is 10.0. The van der Waals surface area contributed by atoms with Gasteiger partial charge in [-0.2, -0.15) is 0 Å². The lowest BCUT2D eigenvalue weighted by Crippen LogP contribution is -2.31. The Balaban J connectivity index is 1.66. The van der Waals surface area contributed by atoms with Gasteiger partial charge in [0, 0.05) is 6.54 Å². The molecule has 1 saturated heterocycles. The number of rotatable bonds is 2. The molecule has 25 heavy (non-hydrogen) atoms. The van der Waals surface area contributed by atoms with Crippen molar-refractivity contribution in [1.29, 1.82) is 0 Å². The summed E-state index contributed by atoms with van der Waals surface area (Å²) in [6.45, 7) is 0.693. The third-order valence-corrected chi connectivity index (χ3v) is 5.25. The van der Waals surface area contributed by atoms with Gasteiger partial charge in [-0.3, -0.25) is 9.78 Å². The highest BCUT2D eigenvalue weighted by molar-refractivity contribution is 6.42. The Morgan fingerprint density at radius 1 is 1.08 bits per heavy atom. The highest BCUT2D eigenvalue weighted by Gasteiger charge is 2.31. The normalized spacial score (nSPS) is 17.2. The second-order valence-corrected chi connectivity index (χ2v) is 6.89. The zero-order valence-electron chi connectivity index (χ0n) is 13.3. The molecular weight excluding hydrogens is 357 g/mol. The van der Waals surface area contributed by atoms with E-state index in [0.29, 0.717) is 22.3 Å². The zero-order chi connectivity index (χ0) is 17.4. The standard InChI is InChI=1S/C19H15Cl2N3O/c20-13-8-7-12(10-14(13)21)18-6-3-9-24(18)19(25)17-11-22-15-4-1-2-5-16(15)23-17/h1-2,4-5,7-8,10-11,18H,3,6,9H2. The summed E-state index contributed by atoms with van der Waals surface area (Å²) in [7, 11) is 0. The van der Waals surface area contributed by atoms with E-state index in [4.69, 9.17) is 23.2 Å². The maximum atomic E-state index is 13.0. The van der Waals surface area contributed by atoms with E-state index in [0.717, 1.165) is 29.4 Å². The summed E-state index contributed by atoms with van der Waals surface area (Å²) in [5, 5.41) is 1.02. The summed E-state index contributed by atoms with van der Waals surface area (Å²) >= 11 is 12.2. The summed E-state index contributed by atoms with van der Waals surface area (Å²) in [4.78, 5) is 23.7. The number of fused-ring (bicyclic) bond motifs is 1. The molecule has 1 unspecified atom stereocenters. The molecule has 0 aliphatic carbocycles. The summed E-state index contributed by atoms with van der Waals surface area (Å²) in [6, 6.07) is 13.1. The van der Waals surface area contributed by atoms with Crippen molar-refractivity contribution in [3.63, 3.8) is 0 Å². The first kappa shape index (κ1) is 16.3. The van der Waals surface area contributed by atoms with Crippen LogP contribution < -0.4 is 0 Å². The van der Waals surface area contributed by atoms with Gasteiger partial charge in [-0.1, -0.05) is 41.4 Å². The SMILES string of the molecule is O=C(c1cnc2ccccc2n1)N1CCCC1c1ccc(Cl)c(Cl)c1. The van der Waals surface area contributed by atoms with E-state index < -0.39 is 0 Å². The van der Waals surface area contributed by atoms with Crippen LogP contribution in [-0.4, -0.2) is 27.3 Å².